The van der Waals surface area contributed by atoms with Crippen LogP contribution in [0, 0.1) is 0 Å². The summed E-state index contributed by atoms with van der Waals surface area (Å²) in [5.74, 6) is -1.50. The van der Waals surface area contributed by atoms with Gasteiger partial charge in [-0.2, -0.15) is 26.3 Å². The van der Waals surface area contributed by atoms with Gasteiger partial charge in [0.15, 0.2) is 0 Å². The summed E-state index contributed by atoms with van der Waals surface area (Å²) in [6.07, 6.45) is -9.66. The van der Waals surface area contributed by atoms with Crippen LogP contribution in [0.2, 0.25) is 0 Å². The topological polar surface area (TPSA) is 54.5 Å². The van der Waals surface area contributed by atoms with Crippen LogP contribution >= 0.6 is 0 Å². The first-order valence-electron chi connectivity index (χ1n) is 5.42. The Morgan fingerprint density at radius 3 is 1.59 bits per heavy atom. The molecule has 4 nitrogen and oxygen atoms in total. The van der Waals surface area contributed by atoms with Crippen LogP contribution < -0.4 is 0 Å². The van der Waals surface area contributed by atoms with E-state index in [1.165, 1.54) is 0 Å². The first-order valence-corrected chi connectivity index (χ1v) is 7.26. The molecule has 124 valence electrons. The molecule has 0 unspecified atom stereocenters. The van der Waals surface area contributed by atoms with Gasteiger partial charge in [0, 0.05) is 12.6 Å². The van der Waals surface area contributed by atoms with E-state index < -0.39 is 45.0 Å². The van der Waals surface area contributed by atoms with Crippen LogP contribution in [0.5, 0.6) is 0 Å². The lowest BCUT2D eigenvalue weighted by molar-refractivity contribution is -0.143. The fourth-order valence-corrected chi connectivity index (χ4v) is 1.82. The maximum absolute atomic E-state index is 12.6. The predicted molar refractivity (Wildman–Crippen MR) is 63.4 cm³/mol. The van der Waals surface area contributed by atoms with E-state index >= 15 is 0 Å². The molecular weight excluding hydrogens is 340 g/mol. The molecule has 0 bridgehead atoms. The molecule has 0 aliphatic heterocycles. The minimum Gasteiger partial charge on any atom is -0.268 e. The van der Waals surface area contributed by atoms with Crippen molar-refractivity contribution in [2.24, 2.45) is 0 Å². The highest BCUT2D eigenvalue weighted by Gasteiger charge is 2.38. The minimum atomic E-state index is -5.13. The molecule has 0 aliphatic rings. The Kier molecular flexibility index (Phi) is 4.52. The highest BCUT2D eigenvalue weighted by atomic mass is 32.2. The van der Waals surface area contributed by atoms with Crippen molar-refractivity contribution in [2.45, 2.75) is 12.4 Å². The molecular formula is C11H9F6NO3S. The number of sulfonamides is 1. The van der Waals surface area contributed by atoms with Gasteiger partial charge in [0.25, 0.3) is 5.91 Å². The zero-order chi connectivity index (χ0) is 17.5. The monoisotopic (exact) mass is 349 g/mol. The lowest BCUT2D eigenvalue weighted by Crippen LogP contribution is -2.32. The first-order chi connectivity index (χ1) is 9.64. The molecule has 0 aliphatic carbocycles. The average molecular weight is 349 g/mol. The van der Waals surface area contributed by atoms with Crippen molar-refractivity contribution in [1.29, 1.82) is 0 Å². The van der Waals surface area contributed by atoms with Gasteiger partial charge in [-0.05, 0) is 18.2 Å². The summed E-state index contributed by atoms with van der Waals surface area (Å²) in [4.78, 5) is 11.8. The van der Waals surface area contributed by atoms with Gasteiger partial charge in [0.2, 0.25) is 10.0 Å². The number of benzene rings is 1. The Morgan fingerprint density at radius 2 is 1.32 bits per heavy atom. The SMILES string of the molecule is CN(C(=O)c1cc(C(F)(F)F)cc(C(F)(F)F)c1)S(C)(=O)=O. The van der Waals surface area contributed by atoms with Crippen LogP contribution in [0.15, 0.2) is 18.2 Å². The lowest BCUT2D eigenvalue weighted by Gasteiger charge is -2.17. The molecule has 1 aromatic carbocycles. The normalized spacial score (nSPS) is 13.1. The zero-order valence-corrected chi connectivity index (χ0v) is 11.9. The van der Waals surface area contributed by atoms with Crippen molar-refractivity contribution in [3.8, 4) is 0 Å². The van der Waals surface area contributed by atoms with Crippen molar-refractivity contribution >= 4 is 15.9 Å². The van der Waals surface area contributed by atoms with Gasteiger partial charge in [-0.15, -0.1) is 0 Å². The summed E-state index contributed by atoms with van der Waals surface area (Å²) >= 11 is 0. The smallest absolute Gasteiger partial charge is 0.268 e. The van der Waals surface area contributed by atoms with Gasteiger partial charge in [0.05, 0.1) is 17.4 Å². The summed E-state index contributed by atoms with van der Waals surface area (Å²) in [7, 11) is -3.40. The second-order valence-corrected chi connectivity index (χ2v) is 6.34. The van der Waals surface area contributed by atoms with E-state index in [0.717, 1.165) is 7.05 Å². The molecule has 0 spiro atoms. The number of carbonyl (C=O) groups excluding carboxylic acids is 1. The second-order valence-electron chi connectivity index (χ2n) is 4.33. The Hall–Kier alpha value is -1.78. The van der Waals surface area contributed by atoms with Crippen LogP contribution in [0.4, 0.5) is 26.3 Å². The van der Waals surface area contributed by atoms with Crippen LogP contribution in [-0.4, -0.2) is 31.9 Å². The average Bonchev–Trinajstić information content (AvgIpc) is 2.33. The molecule has 0 heterocycles. The first kappa shape index (κ1) is 18.3. The predicted octanol–water partition coefficient (Wildman–Crippen LogP) is 2.76. The maximum atomic E-state index is 12.6. The number of halogens is 6. The quantitative estimate of drug-likeness (QED) is 0.772. The van der Waals surface area contributed by atoms with Crippen LogP contribution in [0.25, 0.3) is 0 Å². The number of rotatable bonds is 2. The second kappa shape index (κ2) is 5.45. The van der Waals surface area contributed by atoms with E-state index in [-0.39, 0.29) is 22.5 Å². The maximum Gasteiger partial charge on any atom is 0.416 e. The van der Waals surface area contributed by atoms with Gasteiger partial charge >= 0.3 is 12.4 Å². The van der Waals surface area contributed by atoms with E-state index in [2.05, 4.69) is 0 Å². The number of nitrogens with zero attached hydrogens (tertiary/aromatic N) is 1. The molecule has 1 rings (SSSR count). The van der Waals surface area contributed by atoms with E-state index in [9.17, 15) is 39.6 Å². The fraction of sp³-hybridized carbons (Fsp3) is 0.364. The molecule has 0 saturated heterocycles. The zero-order valence-electron chi connectivity index (χ0n) is 11.1. The Bertz CT molecular complexity index is 661. The number of hydrogen-bond acceptors (Lipinski definition) is 3. The third kappa shape index (κ3) is 4.12. The van der Waals surface area contributed by atoms with Gasteiger partial charge in [-0.3, -0.25) is 4.79 Å². The van der Waals surface area contributed by atoms with Crippen molar-refractivity contribution in [1.82, 2.24) is 4.31 Å². The lowest BCUT2D eigenvalue weighted by atomic mass is 10.0. The Morgan fingerprint density at radius 1 is 0.955 bits per heavy atom. The summed E-state index contributed by atoms with van der Waals surface area (Å²) in [6, 6.07) is 0.176. The molecule has 0 saturated carbocycles. The molecule has 0 fully saturated rings. The van der Waals surface area contributed by atoms with Gasteiger partial charge in [0.1, 0.15) is 0 Å². The van der Waals surface area contributed by atoms with Crippen molar-refractivity contribution < 1.29 is 39.6 Å². The highest BCUT2D eigenvalue weighted by Crippen LogP contribution is 2.36. The van der Waals surface area contributed by atoms with Gasteiger partial charge in [-0.25, -0.2) is 12.7 Å². The summed E-state index contributed by atoms with van der Waals surface area (Å²) < 4.78 is 98.1. The summed E-state index contributed by atoms with van der Waals surface area (Å²) in [5, 5.41) is 0. The van der Waals surface area contributed by atoms with Crippen LogP contribution in [0.3, 0.4) is 0 Å². The van der Waals surface area contributed by atoms with Crippen molar-refractivity contribution in [3.05, 3.63) is 34.9 Å². The van der Waals surface area contributed by atoms with Gasteiger partial charge in [-0.1, -0.05) is 0 Å². The van der Waals surface area contributed by atoms with Crippen LogP contribution in [0.1, 0.15) is 21.5 Å². The number of hydrogen-bond donors (Lipinski definition) is 0. The third-order valence-corrected chi connectivity index (χ3v) is 3.78. The minimum absolute atomic E-state index is 0.0582. The number of carbonyl (C=O) groups is 1. The molecule has 22 heavy (non-hydrogen) atoms. The molecule has 1 aromatic rings. The standard InChI is InChI=1S/C11H9F6NO3S/c1-18(22(2,20)21)9(19)6-3-7(10(12,13)14)5-8(4-6)11(15,16)17/h3-5H,1-2H3. The molecule has 1 amide bonds. The molecule has 0 atom stereocenters. The molecule has 0 radical (unpaired) electrons. The fourth-order valence-electron chi connectivity index (χ4n) is 1.41. The summed E-state index contributed by atoms with van der Waals surface area (Å²) in [5.41, 5.74) is -4.43. The van der Waals surface area contributed by atoms with Crippen LogP contribution in [-0.2, 0) is 22.4 Å². The van der Waals surface area contributed by atoms with E-state index in [4.69, 9.17) is 0 Å². The Balaban J connectivity index is 3.52. The number of alkyl halides is 6. The number of amides is 1. The Labute approximate surface area is 121 Å². The van der Waals surface area contributed by atoms with E-state index in [1.807, 2.05) is 0 Å². The van der Waals surface area contributed by atoms with E-state index in [0.29, 0.717) is 6.26 Å². The highest BCUT2D eigenvalue weighted by molar-refractivity contribution is 7.88. The molecule has 11 heteroatoms. The summed E-state index contributed by atoms with van der Waals surface area (Å²) in [6.45, 7) is 0. The van der Waals surface area contributed by atoms with Gasteiger partial charge < -0.3 is 0 Å². The molecule has 0 aromatic heterocycles. The van der Waals surface area contributed by atoms with E-state index in [1.54, 1.807) is 0 Å². The molecule has 0 N–H and O–H groups in total. The largest absolute Gasteiger partial charge is 0.416 e. The van der Waals surface area contributed by atoms with Crippen molar-refractivity contribution in [2.75, 3.05) is 13.3 Å². The third-order valence-electron chi connectivity index (χ3n) is 2.62. The van der Waals surface area contributed by atoms with Crippen molar-refractivity contribution in [3.63, 3.8) is 0 Å².